The van der Waals surface area contributed by atoms with Crippen LogP contribution >= 0.6 is 0 Å². The topological polar surface area (TPSA) is 46.6 Å². The van der Waals surface area contributed by atoms with Gasteiger partial charge in [0.05, 0.1) is 5.56 Å². The maximum atomic E-state index is 12.8. The molecule has 4 nitrogen and oxygen atoms in total. The maximum absolute atomic E-state index is 12.8. The number of halogens is 1. The van der Waals surface area contributed by atoms with Crippen molar-refractivity contribution in [3.63, 3.8) is 0 Å². The lowest BCUT2D eigenvalue weighted by molar-refractivity contribution is -0.128. The van der Waals surface area contributed by atoms with Crippen LogP contribution in [0.2, 0.25) is 0 Å². The molecule has 1 aliphatic rings. The van der Waals surface area contributed by atoms with Crippen LogP contribution in [-0.2, 0) is 22.7 Å². The fourth-order valence-electron chi connectivity index (χ4n) is 2.65. The first-order valence-electron chi connectivity index (χ1n) is 7.90. The van der Waals surface area contributed by atoms with E-state index in [9.17, 15) is 14.0 Å². The Morgan fingerprint density at radius 3 is 2.33 bits per heavy atom. The number of benzene rings is 2. The zero-order valence-corrected chi connectivity index (χ0v) is 13.2. The van der Waals surface area contributed by atoms with Crippen molar-refractivity contribution in [3.05, 3.63) is 71.0 Å². The minimum atomic E-state index is -0.428. The third kappa shape index (κ3) is 3.98. The Morgan fingerprint density at radius 1 is 1.04 bits per heavy atom. The number of carbonyl (C=O) groups excluding carboxylic acids is 2. The molecule has 0 spiro atoms. The van der Waals surface area contributed by atoms with Gasteiger partial charge in [0.1, 0.15) is 12.4 Å². The van der Waals surface area contributed by atoms with Gasteiger partial charge in [0, 0.05) is 19.5 Å². The summed E-state index contributed by atoms with van der Waals surface area (Å²) >= 11 is 0. The van der Waals surface area contributed by atoms with E-state index in [2.05, 4.69) is 0 Å². The highest BCUT2D eigenvalue weighted by Gasteiger charge is 2.20. The summed E-state index contributed by atoms with van der Waals surface area (Å²) in [4.78, 5) is 25.5. The molecule has 0 aromatic heterocycles. The second-order valence-electron chi connectivity index (χ2n) is 5.82. The van der Waals surface area contributed by atoms with Gasteiger partial charge in [-0.3, -0.25) is 4.79 Å². The molecule has 0 N–H and O–H groups in total. The van der Waals surface area contributed by atoms with E-state index in [0.717, 1.165) is 24.1 Å². The van der Waals surface area contributed by atoms with Gasteiger partial charge in [-0.2, -0.15) is 0 Å². The molecule has 1 fully saturated rings. The van der Waals surface area contributed by atoms with Crippen molar-refractivity contribution >= 4 is 11.9 Å². The van der Waals surface area contributed by atoms with Gasteiger partial charge < -0.3 is 9.64 Å². The molecule has 1 saturated heterocycles. The summed E-state index contributed by atoms with van der Waals surface area (Å²) in [5.41, 5.74) is 2.17. The Bertz CT molecular complexity index is 725. The normalized spacial score (nSPS) is 14.0. The average Bonchev–Trinajstić information content (AvgIpc) is 3.00. The van der Waals surface area contributed by atoms with Gasteiger partial charge in [-0.15, -0.1) is 0 Å². The van der Waals surface area contributed by atoms with Gasteiger partial charge in [0.2, 0.25) is 5.91 Å². The van der Waals surface area contributed by atoms with E-state index in [1.165, 1.54) is 12.1 Å². The predicted molar refractivity (Wildman–Crippen MR) is 86.6 cm³/mol. The second kappa shape index (κ2) is 7.25. The Balaban J connectivity index is 1.55. The van der Waals surface area contributed by atoms with Crippen LogP contribution < -0.4 is 0 Å². The van der Waals surface area contributed by atoms with E-state index < -0.39 is 5.97 Å². The standard InChI is InChI=1S/C19H18FNO3/c20-17-9-5-15(6-10-17)13-24-19(23)16-7-3-14(4-8-16)12-21-11-1-2-18(21)22/h3-10H,1-2,11-13H2. The number of likely N-dealkylation sites (tertiary alicyclic amines) is 1. The monoisotopic (exact) mass is 327 g/mol. The van der Waals surface area contributed by atoms with Gasteiger partial charge in [-0.1, -0.05) is 24.3 Å². The van der Waals surface area contributed by atoms with E-state index in [1.807, 2.05) is 17.0 Å². The van der Waals surface area contributed by atoms with Crippen molar-refractivity contribution in [2.75, 3.05) is 6.54 Å². The summed E-state index contributed by atoms with van der Waals surface area (Å²) < 4.78 is 18.0. The molecule has 1 aliphatic heterocycles. The summed E-state index contributed by atoms with van der Waals surface area (Å²) in [7, 11) is 0. The fourth-order valence-corrected chi connectivity index (χ4v) is 2.65. The summed E-state index contributed by atoms with van der Waals surface area (Å²) in [6.45, 7) is 1.47. The Morgan fingerprint density at radius 2 is 1.71 bits per heavy atom. The Hall–Kier alpha value is -2.69. The van der Waals surface area contributed by atoms with Crippen LogP contribution in [0.25, 0.3) is 0 Å². The number of hydrogen-bond acceptors (Lipinski definition) is 3. The minimum absolute atomic E-state index is 0.100. The second-order valence-corrected chi connectivity index (χ2v) is 5.82. The number of hydrogen-bond donors (Lipinski definition) is 0. The van der Waals surface area contributed by atoms with Crippen molar-refractivity contribution in [1.29, 1.82) is 0 Å². The van der Waals surface area contributed by atoms with Crippen LogP contribution in [0.3, 0.4) is 0 Å². The molecule has 3 rings (SSSR count). The highest BCUT2D eigenvalue weighted by molar-refractivity contribution is 5.89. The number of amides is 1. The molecular formula is C19H18FNO3. The van der Waals surface area contributed by atoms with Crippen LogP contribution in [0, 0.1) is 5.82 Å². The summed E-state index contributed by atoms with van der Waals surface area (Å²) in [5.74, 6) is -0.571. The summed E-state index contributed by atoms with van der Waals surface area (Å²) in [6.07, 6.45) is 1.53. The van der Waals surface area contributed by atoms with Gasteiger partial charge in [-0.05, 0) is 41.8 Å². The molecule has 0 radical (unpaired) electrons. The van der Waals surface area contributed by atoms with Gasteiger partial charge in [-0.25, -0.2) is 9.18 Å². The molecule has 0 unspecified atom stereocenters. The molecule has 1 heterocycles. The van der Waals surface area contributed by atoms with Crippen molar-refractivity contribution in [3.8, 4) is 0 Å². The quantitative estimate of drug-likeness (QED) is 0.792. The van der Waals surface area contributed by atoms with Crippen LogP contribution in [0.15, 0.2) is 48.5 Å². The molecule has 24 heavy (non-hydrogen) atoms. The molecule has 1 amide bonds. The van der Waals surface area contributed by atoms with E-state index in [4.69, 9.17) is 4.74 Å². The number of esters is 1. The van der Waals surface area contributed by atoms with E-state index in [0.29, 0.717) is 18.5 Å². The Labute approximate surface area is 139 Å². The summed E-state index contributed by atoms with van der Waals surface area (Å²) in [6, 6.07) is 12.9. The van der Waals surface area contributed by atoms with Crippen LogP contribution in [0.4, 0.5) is 4.39 Å². The number of rotatable bonds is 5. The van der Waals surface area contributed by atoms with E-state index in [1.54, 1.807) is 24.3 Å². The van der Waals surface area contributed by atoms with Crippen LogP contribution in [-0.4, -0.2) is 23.3 Å². The van der Waals surface area contributed by atoms with E-state index >= 15 is 0 Å². The minimum Gasteiger partial charge on any atom is -0.457 e. The fraction of sp³-hybridized carbons (Fsp3) is 0.263. The molecule has 0 saturated carbocycles. The maximum Gasteiger partial charge on any atom is 0.338 e. The zero-order chi connectivity index (χ0) is 16.9. The first kappa shape index (κ1) is 16.2. The lowest BCUT2D eigenvalue weighted by Crippen LogP contribution is -2.23. The van der Waals surface area contributed by atoms with Crippen molar-refractivity contribution in [2.45, 2.75) is 26.0 Å². The zero-order valence-electron chi connectivity index (χ0n) is 13.2. The van der Waals surface area contributed by atoms with E-state index in [-0.39, 0.29) is 18.3 Å². The molecule has 5 heteroatoms. The largest absolute Gasteiger partial charge is 0.457 e. The first-order chi connectivity index (χ1) is 11.6. The van der Waals surface area contributed by atoms with Crippen molar-refractivity contribution in [2.24, 2.45) is 0 Å². The molecule has 124 valence electrons. The lowest BCUT2D eigenvalue weighted by Gasteiger charge is -2.15. The number of ether oxygens (including phenoxy) is 1. The highest BCUT2D eigenvalue weighted by atomic mass is 19.1. The van der Waals surface area contributed by atoms with Gasteiger partial charge >= 0.3 is 5.97 Å². The molecular weight excluding hydrogens is 309 g/mol. The van der Waals surface area contributed by atoms with Crippen molar-refractivity contribution < 1.29 is 18.7 Å². The lowest BCUT2D eigenvalue weighted by atomic mass is 10.1. The van der Waals surface area contributed by atoms with Crippen LogP contribution in [0.5, 0.6) is 0 Å². The van der Waals surface area contributed by atoms with Crippen LogP contribution in [0.1, 0.15) is 34.3 Å². The van der Waals surface area contributed by atoms with Gasteiger partial charge in [0.15, 0.2) is 0 Å². The SMILES string of the molecule is O=C(OCc1ccc(F)cc1)c1ccc(CN2CCCC2=O)cc1. The Kier molecular flexibility index (Phi) is 4.89. The summed E-state index contributed by atoms with van der Waals surface area (Å²) in [5, 5.41) is 0. The average molecular weight is 327 g/mol. The van der Waals surface area contributed by atoms with Gasteiger partial charge in [0.25, 0.3) is 0 Å². The first-order valence-corrected chi connectivity index (χ1v) is 7.90. The third-order valence-electron chi connectivity index (χ3n) is 4.02. The number of carbonyl (C=O) groups is 2. The number of nitrogens with zero attached hydrogens (tertiary/aromatic N) is 1. The predicted octanol–water partition coefficient (Wildman–Crippen LogP) is 3.31. The highest BCUT2D eigenvalue weighted by Crippen LogP contribution is 2.15. The third-order valence-corrected chi connectivity index (χ3v) is 4.02. The molecule has 2 aromatic carbocycles. The smallest absolute Gasteiger partial charge is 0.338 e. The van der Waals surface area contributed by atoms with Crippen molar-refractivity contribution in [1.82, 2.24) is 4.90 Å². The molecule has 0 bridgehead atoms. The molecule has 0 aliphatic carbocycles. The molecule has 2 aromatic rings. The molecule has 0 atom stereocenters.